The molecule has 0 unspecified atom stereocenters. The zero-order chi connectivity index (χ0) is 16.3. The molecule has 2 rings (SSSR count). The van der Waals surface area contributed by atoms with Crippen LogP contribution in [0.2, 0.25) is 0 Å². The molecule has 1 fully saturated rings. The van der Waals surface area contributed by atoms with E-state index in [2.05, 4.69) is 83.4 Å². The van der Waals surface area contributed by atoms with Crippen LogP contribution in [0.15, 0.2) is 24.3 Å². The van der Waals surface area contributed by atoms with Gasteiger partial charge in [0.25, 0.3) is 0 Å². The van der Waals surface area contributed by atoms with Gasteiger partial charge in [-0.1, -0.05) is 0 Å². The Morgan fingerprint density at radius 1 is 0.739 bits per heavy atom. The van der Waals surface area contributed by atoms with Gasteiger partial charge in [-0.3, -0.25) is 0 Å². The predicted molar refractivity (Wildman–Crippen MR) is 114 cm³/mol. The van der Waals surface area contributed by atoms with Gasteiger partial charge in [-0.15, -0.1) is 0 Å². The largest absolute Gasteiger partial charge is 0.378 e. The van der Waals surface area contributed by atoms with Crippen molar-refractivity contribution in [2.75, 3.05) is 71.5 Å². The molecule has 0 N–H and O–H groups in total. The number of hydrogen-bond donors (Lipinski definition) is 0. The lowest BCUT2D eigenvalue weighted by molar-refractivity contribution is 0.752. The molecule has 1 aromatic rings. The minimum absolute atomic E-state index is 1.19. The van der Waals surface area contributed by atoms with E-state index in [1.165, 1.54) is 71.8 Å². The molecule has 0 saturated carbocycles. The lowest BCUT2D eigenvalue weighted by Gasteiger charge is -2.26. The van der Waals surface area contributed by atoms with Gasteiger partial charge in [0.2, 0.25) is 0 Å². The van der Waals surface area contributed by atoms with Gasteiger partial charge in [0, 0.05) is 61.6 Å². The van der Waals surface area contributed by atoms with Crippen LogP contribution in [0.1, 0.15) is 12.8 Å². The van der Waals surface area contributed by atoms with E-state index in [1.54, 1.807) is 0 Å². The summed E-state index contributed by atoms with van der Waals surface area (Å²) in [5.74, 6) is 7.85. The number of rotatable bonds is 2. The van der Waals surface area contributed by atoms with Crippen molar-refractivity contribution in [1.82, 2.24) is 0 Å². The molecule has 1 heterocycles. The van der Waals surface area contributed by atoms with Crippen molar-refractivity contribution in [3.63, 3.8) is 0 Å². The molecular formula is C18H30N2S3. The van der Waals surface area contributed by atoms with Crippen LogP contribution in [0.25, 0.3) is 0 Å². The minimum Gasteiger partial charge on any atom is -0.378 e. The average Bonchev–Trinajstić information content (AvgIpc) is 2.57. The van der Waals surface area contributed by atoms with Gasteiger partial charge in [-0.05, 0) is 48.6 Å². The highest BCUT2D eigenvalue weighted by molar-refractivity contribution is 8.04. The molecule has 0 bridgehead atoms. The van der Waals surface area contributed by atoms with E-state index in [-0.39, 0.29) is 0 Å². The van der Waals surface area contributed by atoms with E-state index in [0.717, 1.165) is 0 Å². The standard InChI is InChI=1S/C18H30N2S3/c1-19(2)17-5-7-18(8-6-17)20-9-3-11-21-13-15-23-16-14-22-12-4-10-20/h5-8H,3-4,9-16H2,1-2H3. The Balaban J connectivity index is 1.91. The quantitative estimate of drug-likeness (QED) is 0.751. The van der Waals surface area contributed by atoms with Crippen molar-refractivity contribution in [2.24, 2.45) is 0 Å². The van der Waals surface area contributed by atoms with Crippen LogP contribution < -0.4 is 9.80 Å². The molecule has 0 aliphatic carbocycles. The van der Waals surface area contributed by atoms with Crippen molar-refractivity contribution >= 4 is 46.7 Å². The first-order chi connectivity index (χ1) is 11.3. The third-order valence-corrected chi connectivity index (χ3v) is 7.55. The van der Waals surface area contributed by atoms with E-state index in [0.29, 0.717) is 0 Å². The topological polar surface area (TPSA) is 6.48 Å². The summed E-state index contributed by atoms with van der Waals surface area (Å²) in [6.45, 7) is 2.37. The van der Waals surface area contributed by atoms with Crippen molar-refractivity contribution in [2.45, 2.75) is 12.8 Å². The number of hydrogen-bond acceptors (Lipinski definition) is 5. The molecule has 1 saturated heterocycles. The Kier molecular flexibility index (Phi) is 9.54. The Bertz CT molecular complexity index is 409. The van der Waals surface area contributed by atoms with Gasteiger partial charge in [0.05, 0.1) is 0 Å². The molecule has 1 aliphatic heterocycles. The summed E-state index contributed by atoms with van der Waals surface area (Å²) in [7, 11) is 4.20. The molecule has 0 spiro atoms. The molecule has 0 atom stereocenters. The smallest absolute Gasteiger partial charge is 0.0367 e. The maximum absolute atomic E-state index is 2.58. The Morgan fingerprint density at radius 2 is 1.22 bits per heavy atom. The maximum Gasteiger partial charge on any atom is 0.0367 e. The molecule has 1 aliphatic rings. The van der Waals surface area contributed by atoms with E-state index < -0.39 is 0 Å². The summed E-state index contributed by atoms with van der Waals surface area (Å²) in [5, 5.41) is 0. The van der Waals surface area contributed by atoms with Crippen LogP contribution in [0.3, 0.4) is 0 Å². The molecule has 23 heavy (non-hydrogen) atoms. The molecule has 1 aromatic carbocycles. The number of anilines is 2. The molecular weight excluding hydrogens is 340 g/mol. The lowest BCUT2D eigenvalue weighted by atomic mass is 10.2. The maximum atomic E-state index is 2.58. The molecule has 5 heteroatoms. The highest BCUT2D eigenvalue weighted by Crippen LogP contribution is 2.21. The lowest BCUT2D eigenvalue weighted by Crippen LogP contribution is -2.26. The normalized spacial score (nSPS) is 19.1. The summed E-state index contributed by atoms with van der Waals surface area (Å²) in [5.41, 5.74) is 2.66. The van der Waals surface area contributed by atoms with Crippen LogP contribution in [-0.4, -0.2) is 61.7 Å². The summed E-state index contributed by atoms with van der Waals surface area (Å²) < 4.78 is 0. The third-order valence-electron chi connectivity index (χ3n) is 3.91. The predicted octanol–water partition coefficient (Wildman–Crippen LogP) is 4.55. The van der Waals surface area contributed by atoms with Crippen LogP contribution in [0.5, 0.6) is 0 Å². The molecule has 0 radical (unpaired) electrons. The summed E-state index contributed by atoms with van der Waals surface area (Å²) >= 11 is 6.37. The highest BCUT2D eigenvalue weighted by atomic mass is 32.2. The van der Waals surface area contributed by atoms with Crippen molar-refractivity contribution < 1.29 is 0 Å². The average molecular weight is 371 g/mol. The fourth-order valence-electron chi connectivity index (χ4n) is 2.59. The van der Waals surface area contributed by atoms with Crippen LogP contribution >= 0.6 is 35.3 Å². The van der Waals surface area contributed by atoms with Gasteiger partial charge >= 0.3 is 0 Å². The van der Waals surface area contributed by atoms with Gasteiger partial charge < -0.3 is 9.80 Å². The fraction of sp³-hybridized carbons (Fsp3) is 0.667. The molecule has 130 valence electrons. The Morgan fingerprint density at radius 3 is 1.70 bits per heavy atom. The number of benzene rings is 1. The molecule has 0 amide bonds. The first-order valence-corrected chi connectivity index (χ1v) is 12.0. The van der Waals surface area contributed by atoms with Crippen molar-refractivity contribution in [3.8, 4) is 0 Å². The van der Waals surface area contributed by atoms with Crippen LogP contribution in [0, 0.1) is 0 Å². The number of thioether (sulfide) groups is 3. The van der Waals surface area contributed by atoms with Gasteiger partial charge in [0.1, 0.15) is 0 Å². The van der Waals surface area contributed by atoms with Crippen molar-refractivity contribution in [1.29, 1.82) is 0 Å². The van der Waals surface area contributed by atoms with E-state index in [9.17, 15) is 0 Å². The zero-order valence-electron chi connectivity index (χ0n) is 14.5. The minimum atomic E-state index is 1.19. The second-order valence-corrected chi connectivity index (χ2v) is 9.62. The SMILES string of the molecule is CN(C)c1ccc(N2CCCSCCSCCSCCC2)cc1. The van der Waals surface area contributed by atoms with Crippen molar-refractivity contribution in [3.05, 3.63) is 24.3 Å². The monoisotopic (exact) mass is 370 g/mol. The summed E-state index contributed by atoms with van der Waals surface area (Å²) in [4.78, 5) is 4.75. The molecule has 0 aromatic heterocycles. The van der Waals surface area contributed by atoms with Gasteiger partial charge in [0.15, 0.2) is 0 Å². The van der Waals surface area contributed by atoms with Crippen LogP contribution in [-0.2, 0) is 0 Å². The number of nitrogens with zero attached hydrogens (tertiary/aromatic N) is 2. The zero-order valence-corrected chi connectivity index (χ0v) is 16.9. The van der Waals surface area contributed by atoms with Crippen LogP contribution in [0.4, 0.5) is 11.4 Å². The second-order valence-electron chi connectivity index (χ2n) is 5.94. The Hall–Kier alpha value is -0.130. The molecule has 2 nitrogen and oxygen atoms in total. The van der Waals surface area contributed by atoms with E-state index in [1.807, 2.05) is 0 Å². The van der Waals surface area contributed by atoms with E-state index >= 15 is 0 Å². The fourth-order valence-corrected chi connectivity index (χ4v) is 5.75. The second kappa shape index (κ2) is 11.4. The first kappa shape index (κ1) is 19.2. The Labute approximate surface area is 155 Å². The van der Waals surface area contributed by atoms with Gasteiger partial charge in [-0.2, -0.15) is 35.3 Å². The first-order valence-electron chi connectivity index (χ1n) is 8.53. The highest BCUT2D eigenvalue weighted by Gasteiger charge is 2.07. The summed E-state index contributed by atoms with van der Waals surface area (Å²) in [6, 6.07) is 9.05. The van der Waals surface area contributed by atoms with Gasteiger partial charge in [-0.25, -0.2) is 0 Å². The summed E-state index contributed by atoms with van der Waals surface area (Å²) in [6.07, 6.45) is 2.58. The third kappa shape index (κ3) is 7.53. The van der Waals surface area contributed by atoms with E-state index in [4.69, 9.17) is 0 Å².